The number of rotatable bonds is 3. The molecule has 0 aliphatic carbocycles. The van der Waals surface area contributed by atoms with Crippen LogP contribution in [0.25, 0.3) is 0 Å². The summed E-state index contributed by atoms with van der Waals surface area (Å²) in [6.07, 6.45) is 0. The lowest BCUT2D eigenvalue weighted by atomic mass is 10.1. The van der Waals surface area contributed by atoms with Crippen molar-refractivity contribution in [2.24, 2.45) is 0 Å². The van der Waals surface area contributed by atoms with Crippen LogP contribution in [0.15, 0.2) is 0 Å². The summed E-state index contributed by atoms with van der Waals surface area (Å²) >= 11 is 2.19. The Morgan fingerprint density at radius 1 is 1.32 bits per heavy atom. The Kier molecular flexibility index (Phi) is 3.88. The number of ether oxygens (including phenoxy) is 1. The van der Waals surface area contributed by atoms with E-state index in [9.17, 15) is 0 Å². The molecule has 2 N–H and O–H groups in total. The third kappa shape index (κ3) is 2.56. The first kappa shape index (κ1) is 13.5. The van der Waals surface area contributed by atoms with Gasteiger partial charge in [-0.2, -0.15) is 0 Å². The molecule has 3 fully saturated rings. The topological polar surface area (TPSA) is 67.5 Å². The molecular formula is C12H18IN5O. The second-order valence-corrected chi connectivity index (χ2v) is 6.09. The second kappa shape index (κ2) is 5.47. The van der Waals surface area contributed by atoms with Gasteiger partial charge in [0.2, 0.25) is 0 Å². The fourth-order valence-corrected chi connectivity index (χ4v) is 3.17. The lowest BCUT2D eigenvalue weighted by Gasteiger charge is -2.46. The molecule has 19 heavy (non-hydrogen) atoms. The first-order valence-corrected chi connectivity index (χ1v) is 7.54. The van der Waals surface area contributed by atoms with Gasteiger partial charge in [0.1, 0.15) is 11.6 Å². The fourth-order valence-electron chi connectivity index (χ4n) is 2.78. The van der Waals surface area contributed by atoms with Gasteiger partial charge in [0.15, 0.2) is 0 Å². The molecule has 0 aromatic carbocycles. The van der Waals surface area contributed by atoms with Gasteiger partial charge in [-0.15, -0.1) is 0 Å². The average Bonchev–Trinajstić information content (AvgIpc) is 2.45. The molecule has 6 nitrogen and oxygen atoms in total. The Bertz CT molecular complexity index is 475. The van der Waals surface area contributed by atoms with Crippen LogP contribution in [-0.4, -0.2) is 59.6 Å². The summed E-state index contributed by atoms with van der Waals surface area (Å²) in [7, 11) is 1.67. The zero-order valence-corrected chi connectivity index (χ0v) is 13.1. The van der Waals surface area contributed by atoms with Crippen molar-refractivity contribution < 1.29 is 4.74 Å². The Hall–Kier alpha value is -0.510. The van der Waals surface area contributed by atoms with Crippen molar-refractivity contribution in [2.75, 3.05) is 45.6 Å². The van der Waals surface area contributed by atoms with Crippen molar-refractivity contribution in [2.45, 2.75) is 12.6 Å². The molecule has 1 unspecified atom stereocenters. The molecule has 3 aliphatic heterocycles. The van der Waals surface area contributed by atoms with Gasteiger partial charge in [0.25, 0.3) is 0 Å². The Labute approximate surface area is 126 Å². The minimum atomic E-state index is 0.275. The van der Waals surface area contributed by atoms with Crippen molar-refractivity contribution in [3.63, 3.8) is 0 Å². The number of halogens is 1. The van der Waals surface area contributed by atoms with Gasteiger partial charge >= 0.3 is 0 Å². The number of hydrogen-bond donors (Lipinski definition) is 1. The minimum Gasteiger partial charge on any atom is -0.383 e. The van der Waals surface area contributed by atoms with Gasteiger partial charge in [-0.1, -0.05) is 0 Å². The largest absolute Gasteiger partial charge is 0.383 e. The lowest BCUT2D eigenvalue weighted by molar-refractivity contribution is 0.00846. The molecule has 0 radical (unpaired) electrons. The van der Waals surface area contributed by atoms with E-state index in [1.54, 1.807) is 7.11 Å². The van der Waals surface area contributed by atoms with Gasteiger partial charge in [-0.05, 0) is 22.6 Å². The molecule has 4 heterocycles. The summed E-state index contributed by atoms with van der Waals surface area (Å²) in [5.74, 6) is 1.41. The van der Waals surface area contributed by atoms with Crippen LogP contribution < -0.4 is 5.73 Å². The van der Waals surface area contributed by atoms with Crippen LogP contribution in [-0.2, 0) is 11.3 Å². The molecule has 1 aromatic heterocycles. The number of aromatic nitrogens is 2. The molecule has 4 rings (SSSR count). The Morgan fingerprint density at radius 3 is 2.63 bits per heavy atom. The van der Waals surface area contributed by atoms with Crippen molar-refractivity contribution in [1.29, 1.82) is 0 Å². The van der Waals surface area contributed by atoms with Gasteiger partial charge in [0, 0.05) is 39.8 Å². The van der Waals surface area contributed by atoms with Gasteiger partial charge < -0.3 is 10.5 Å². The highest BCUT2D eigenvalue weighted by atomic mass is 127. The van der Waals surface area contributed by atoms with E-state index in [1.807, 2.05) is 0 Å². The second-order valence-electron chi connectivity index (χ2n) is 5.01. The maximum atomic E-state index is 6.01. The normalized spacial score (nSPS) is 29.7. The van der Waals surface area contributed by atoms with E-state index in [0.29, 0.717) is 12.4 Å². The van der Waals surface area contributed by atoms with Gasteiger partial charge in [-0.3, -0.25) is 9.80 Å². The summed E-state index contributed by atoms with van der Waals surface area (Å²) in [4.78, 5) is 14.1. The van der Waals surface area contributed by atoms with E-state index in [4.69, 9.17) is 10.5 Å². The van der Waals surface area contributed by atoms with Crippen LogP contribution in [0.1, 0.15) is 17.6 Å². The molecular weight excluding hydrogens is 357 g/mol. The number of methoxy groups -OCH3 is 1. The first-order chi connectivity index (χ1) is 9.19. The SMILES string of the molecule is COCc1nc(C2CN3CCN2CC3)nc(N)c1I. The molecule has 0 saturated carbocycles. The molecule has 0 spiro atoms. The minimum absolute atomic E-state index is 0.275. The molecule has 0 amide bonds. The monoisotopic (exact) mass is 375 g/mol. The van der Waals surface area contributed by atoms with Crippen LogP contribution in [0.5, 0.6) is 0 Å². The summed E-state index contributed by atoms with van der Waals surface area (Å²) in [6.45, 7) is 5.99. The zero-order valence-electron chi connectivity index (χ0n) is 11.0. The van der Waals surface area contributed by atoms with E-state index in [0.717, 1.165) is 47.8 Å². The number of hydrogen-bond acceptors (Lipinski definition) is 6. The number of nitrogens with two attached hydrogens (primary N) is 1. The number of nitrogen functional groups attached to an aromatic ring is 1. The summed E-state index contributed by atoms with van der Waals surface area (Å²) < 4.78 is 6.10. The summed E-state index contributed by atoms with van der Waals surface area (Å²) in [6, 6.07) is 0.275. The van der Waals surface area contributed by atoms with Crippen LogP contribution >= 0.6 is 22.6 Å². The molecule has 3 aliphatic rings. The van der Waals surface area contributed by atoms with Crippen LogP contribution in [0.3, 0.4) is 0 Å². The molecule has 104 valence electrons. The highest BCUT2D eigenvalue weighted by Gasteiger charge is 2.35. The van der Waals surface area contributed by atoms with Crippen LogP contribution in [0.2, 0.25) is 0 Å². The number of piperazine rings is 3. The fraction of sp³-hybridized carbons (Fsp3) is 0.667. The third-order valence-corrected chi connectivity index (χ3v) is 5.00. The predicted molar refractivity (Wildman–Crippen MR) is 80.6 cm³/mol. The molecule has 7 heteroatoms. The van der Waals surface area contributed by atoms with E-state index in [1.165, 1.54) is 0 Å². The predicted octanol–water partition coefficient (Wildman–Crippen LogP) is 0.482. The van der Waals surface area contributed by atoms with Crippen molar-refractivity contribution >= 4 is 28.4 Å². The average molecular weight is 375 g/mol. The van der Waals surface area contributed by atoms with E-state index >= 15 is 0 Å². The molecule has 3 saturated heterocycles. The van der Waals surface area contributed by atoms with Crippen molar-refractivity contribution in [1.82, 2.24) is 19.8 Å². The molecule has 1 aromatic rings. The standard InChI is InChI=1S/C12H18IN5O/c1-19-7-8-10(13)11(14)16-12(15-8)9-6-17-2-4-18(9)5-3-17/h9H,2-7H2,1H3,(H2,14,15,16). The highest BCUT2D eigenvalue weighted by Crippen LogP contribution is 2.28. The number of fused-ring (bicyclic) bond motifs is 3. The lowest BCUT2D eigenvalue weighted by Crippen LogP contribution is -2.57. The molecule has 2 bridgehead atoms. The van der Waals surface area contributed by atoms with Gasteiger partial charge in [0.05, 0.1) is 21.9 Å². The quantitative estimate of drug-likeness (QED) is 0.776. The van der Waals surface area contributed by atoms with E-state index in [-0.39, 0.29) is 6.04 Å². The number of nitrogens with zero attached hydrogens (tertiary/aromatic N) is 4. The first-order valence-electron chi connectivity index (χ1n) is 6.46. The van der Waals surface area contributed by atoms with E-state index < -0.39 is 0 Å². The number of anilines is 1. The third-order valence-electron chi connectivity index (χ3n) is 3.82. The smallest absolute Gasteiger partial charge is 0.149 e. The summed E-state index contributed by atoms with van der Waals surface area (Å²) in [5, 5.41) is 0. The Balaban J connectivity index is 1.92. The van der Waals surface area contributed by atoms with Crippen molar-refractivity contribution in [3.05, 3.63) is 15.1 Å². The van der Waals surface area contributed by atoms with Crippen LogP contribution in [0, 0.1) is 3.57 Å². The molecule has 1 atom stereocenters. The maximum absolute atomic E-state index is 6.01. The maximum Gasteiger partial charge on any atom is 0.149 e. The summed E-state index contributed by atoms with van der Waals surface area (Å²) in [5.41, 5.74) is 6.90. The van der Waals surface area contributed by atoms with Crippen LogP contribution in [0.4, 0.5) is 5.82 Å². The van der Waals surface area contributed by atoms with Crippen molar-refractivity contribution in [3.8, 4) is 0 Å². The van der Waals surface area contributed by atoms with Gasteiger partial charge in [-0.25, -0.2) is 9.97 Å². The highest BCUT2D eigenvalue weighted by molar-refractivity contribution is 14.1. The zero-order chi connectivity index (χ0) is 13.4. The van der Waals surface area contributed by atoms with E-state index in [2.05, 4.69) is 42.4 Å². The Morgan fingerprint density at radius 2 is 2.05 bits per heavy atom.